The van der Waals surface area contributed by atoms with Gasteiger partial charge >= 0.3 is 6.18 Å². The van der Waals surface area contributed by atoms with Crippen molar-refractivity contribution in [2.45, 2.75) is 24.5 Å². The van der Waals surface area contributed by atoms with Gasteiger partial charge < -0.3 is 9.47 Å². The Balaban J connectivity index is 2.26. The number of hydrogen-bond donors (Lipinski definition) is 0. The van der Waals surface area contributed by atoms with Gasteiger partial charge in [0.05, 0.1) is 7.11 Å². The van der Waals surface area contributed by atoms with Crippen LogP contribution in [0.2, 0.25) is 5.15 Å². The molecule has 33 heavy (non-hydrogen) atoms. The average Bonchev–Trinajstić information content (AvgIpc) is 2.79. The van der Waals surface area contributed by atoms with Gasteiger partial charge in [-0.05, 0) is 30.7 Å². The Morgan fingerprint density at radius 1 is 1.06 bits per heavy atom. The molecule has 0 unspecified atom stereocenters. The minimum Gasteiger partial charge on any atom is -0.493 e. The average molecular weight is 503 g/mol. The van der Waals surface area contributed by atoms with Crippen LogP contribution in [0.3, 0.4) is 0 Å². The summed E-state index contributed by atoms with van der Waals surface area (Å²) in [6.07, 6.45) is -3.51. The van der Waals surface area contributed by atoms with Crippen molar-refractivity contribution in [3.05, 3.63) is 59.6 Å². The first-order valence-corrected chi connectivity index (χ1v) is 11.3. The highest BCUT2D eigenvalue weighted by molar-refractivity contribution is 7.92. The number of rotatable bonds is 8. The van der Waals surface area contributed by atoms with E-state index < -0.39 is 38.7 Å². The summed E-state index contributed by atoms with van der Waals surface area (Å²) in [5, 5.41) is -1.11. The van der Waals surface area contributed by atoms with Gasteiger partial charge in [-0.25, -0.2) is 19.3 Å². The van der Waals surface area contributed by atoms with Crippen LogP contribution in [0.4, 0.5) is 19.0 Å². The molecular formula is C20H18ClF3N4O4S. The molecule has 2 aromatic heterocycles. The predicted molar refractivity (Wildman–Crippen MR) is 114 cm³/mol. The molecule has 13 heteroatoms. The van der Waals surface area contributed by atoms with E-state index in [1.54, 1.807) is 25.1 Å². The normalized spacial score (nSPS) is 11.8. The zero-order valence-electron chi connectivity index (χ0n) is 17.4. The van der Waals surface area contributed by atoms with Gasteiger partial charge in [-0.3, -0.25) is 0 Å². The monoisotopic (exact) mass is 502 g/mol. The molecule has 0 saturated heterocycles. The smallest absolute Gasteiger partial charge is 0.451 e. The van der Waals surface area contributed by atoms with Crippen LogP contribution in [-0.2, 0) is 16.2 Å². The molecule has 2 heterocycles. The molecule has 0 aliphatic heterocycles. The number of pyridine rings is 1. The quantitative estimate of drug-likeness (QED) is 0.402. The Morgan fingerprint density at radius 3 is 2.30 bits per heavy atom. The van der Waals surface area contributed by atoms with Gasteiger partial charge in [0.25, 0.3) is 10.0 Å². The molecule has 1 aromatic carbocycles. The number of ether oxygens (including phenoxy) is 2. The number of hydrogen-bond acceptors (Lipinski definition) is 7. The van der Waals surface area contributed by atoms with Crippen LogP contribution >= 0.6 is 11.6 Å². The largest absolute Gasteiger partial charge is 0.493 e. The Hall–Kier alpha value is -3.12. The molecule has 0 aliphatic carbocycles. The maximum atomic E-state index is 13.5. The Labute approximate surface area is 193 Å². The lowest BCUT2D eigenvalue weighted by atomic mass is 10.3. The van der Waals surface area contributed by atoms with E-state index in [2.05, 4.69) is 15.0 Å². The predicted octanol–water partition coefficient (Wildman–Crippen LogP) is 4.95. The zero-order valence-corrected chi connectivity index (χ0v) is 18.9. The summed E-state index contributed by atoms with van der Waals surface area (Å²) in [4.78, 5) is 10.6. The summed E-state index contributed by atoms with van der Waals surface area (Å²) >= 11 is 6.07. The first-order valence-electron chi connectivity index (χ1n) is 9.49. The van der Waals surface area contributed by atoms with Crippen molar-refractivity contribution in [3.8, 4) is 17.2 Å². The number of methoxy groups -OCH3 is 1. The first kappa shape index (κ1) is 24.5. The van der Waals surface area contributed by atoms with Gasteiger partial charge in [0.2, 0.25) is 11.6 Å². The lowest BCUT2D eigenvalue weighted by Gasteiger charge is -2.25. The van der Waals surface area contributed by atoms with Gasteiger partial charge in [-0.2, -0.15) is 21.6 Å². The van der Waals surface area contributed by atoms with Crippen molar-refractivity contribution in [1.29, 1.82) is 0 Å². The van der Waals surface area contributed by atoms with Crippen LogP contribution in [0.1, 0.15) is 19.2 Å². The van der Waals surface area contributed by atoms with E-state index in [0.29, 0.717) is 4.31 Å². The molecule has 3 aromatic rings. The van der Waals surface area contributed by atoms with Crippen molar-refractivity contribution >= 4 is 27.4 Å². The van der Waals surface area contributed by atoms with Crippen LogP contribution in [-0.4, -0.2) is 37.0 Å². The molecule has 0 radical (unpaired) electrons. The minimum absolute atomic E-state index is 0.0678. The number of alkyl halides is 3. The lowest BCUT2D eigenvalue weighted by molar-refractivity contribution is -0.144. The second kappa shape index (κ2) is 9.79. The first-order chi connectivity index (χ1) is 15.6. The molecule has 0 saturated carbocycles. The van der Waals surface area contributed by atoms with Crippen molar-refractivity contribution in [2.75, 3.05) is 18.0 Å². The van der Waals surface area contributed by atoms with E-state index in [0.717, 1.165) is 0 Å². The van der Waals surface area contributed by atoms with E-state index >= 15 is 0 Å². The third-order valence-electron chi connectivity index (χ3n) is 4.20. The summed E-state index contributed by atoms with van der Waals surface area (Å²) in [5.41, 5.74) is 0. The van der Waals surface area contributed by atoms with Crippen molar-refractivity contribution in [2.24, 2.45) is 0 Å². The molecule has 3 rings (SSSR count). The molecule has 0 amide bonds. The summed E-state index contributed by atoms with van der Waals surface area (Å²) in [6, 6.07) is 10.4. The topological polar surface area (TPSA) is 94.5 Å². The Kier molecular flexibility index (Phi) is 7.28. The van der Waals surface area contributed by atoms with Gasteiger partial charge in [0.1, 0.15) is 0 Å². The summed E-state index contributed by atoms with van der Waals surface area (Å²) in [5.74, 6) is -2.48. The minimum atomic E-state index is -4.99. The highest BCUT2D eigenvalue weighted by Crippen LogP contribution is 2.42. The fourth-order valence-electron chi connectivity index (χ4n) is 2.76. The van der Waals surface area contributed by atoms with Crippen LogP contribution < -0.4 is 13.8 Å². The fraction of sp³-hybridized carbons (Fsp3) is 0.250. The maximum absolute atomic E-state index is 13.5. The second-order valence-corrected chi connectivity index (χ2v) is 8.65. The number of sulfonamides is 1. The second-order valence-electron chi connectivity index (χ2n) is 6.49. The molecule has 0 fully saturated rings. The number of para-hydroxylation sites is 2. The third kappa shape index (κ3) is 5.28. The van der Waals surface area contributed by atoms with Crippen LogP contribution in [0.15, 0.2) is 53.7 Å². The van der Waals surface area contributed by atoms with E-state index in [-0.39, 0.29) is 29.5 Å². The number of nitrogens with zero attached hydrogens (tertiary/aromatic N) is 4. The number of halogens is 4. The van der Waals surface area contributed by atoms with Crippen molar-refractivity contribution in [3.63, 3.8) is 0 Å². The van der Waals surface area contributed by atoms with Gasteiger partial charge in [-0.15, -0.1) is 0 Å². The van der Waals surface area contributed by atoms with E-state index in [1.165, 1.54) is 37.6 Å². The summed E-state index contributed by atoms with van der Waals surface area (Å²) < 4.78 is 78.6. The summed E-state index contributed by atoms with van der Waals surface area (Å²) in [7, 11) is -3.07. The van der Waals surface area contributed by atoms with E-state index in [9.17, 15) is 21.6 Å². The van der Waals surface area contributed by atoms with E-state index in [4.69, 9.17) is 21.1 Å². The maximum Gasteiger partial charge on any atom is 0.451 e. The lowest BCUT2D eigenvalue weighted by Crippen LogP contribution is -2.34. The molecule has 0 bridgehead atoms. The van der Waals surface area contributed by atoms with Gasteiger partial charge in [-0.1, -0.05) is 36.7 Å². The van der Waals surface area contributed by atoms with Crippen LogP contribution in [0.25, 0.3) is 0 Å². The molecule has 0 spiro atoms. The Bertz CT molecular complexity index is 1230. The SMILES string of the molecule is CCCN(c1nc(C(F)(F)F)nc(Cl)c1Oc1ccccc1OC)S(=O)(=O)c1ccccn1. The van der Waals surface area contributed by atoms with Crippen molar-refractivity contribution in [1.82, 2.24) is 15.0 Å². The van der Waals surface area contributed by atoms with Gasteiger partial charge in [0, 0.05) is 12.7 Å². The highest BCUT2D eigenvalue weighted by Gasteiger charge is 2.39. The Morgan fingerprint density at radius 2 is 1.73 bits per heavy atom. The molecular weight excluding hydrogens is 485 g/mol. The number of benzene rings is 1. The van der Waals surface area contributed by atoms with Crippen LogP contribution in [0, 0.1) is 0 Å². The molecule has 0 atom stereocenters. The zero-order chi connectivity index (χ0) is 24.2. The third-order valence-corrected chi connectivity index (χ3v) is 6.16. The molecule has 0 aliphatic rings. The van der Waals surface area contributed by atoms with E-state index in [1.807, 2.05) is 0 Å². The molecule has 0 N–H and O–H groups in total. The summed E-state index contributed by atoms with van der Waals surface area (Å²) in [6.45, 7) is 1.42. The van der Waals surface area contributed by atoms with Crippen LogP contribution in [0.5, 0.6) is 17.2 Å². The fourth-order valence-corrected chi connectivity index (χ4v) is 4.41. The standard InChI is InChI=1S/C20H18ClF3N4O4S/c1-3-12-28(33(29,30)15-10-6-7-11-25-15)18-16(17(21)26-19(27-18)20(22,23)24)32-14-9-5-4-8-13(14)31-2/h4-11H,3,12H2,1-2H3. The molecule has 8 nitrogen and oxygen atoms in total. The molecule has 176 valence electrons. The number of anilines is 1. The van der Waals surface area contributed by atoms with Crippen molar-refractivity contribution < 1.29 is 31.1 Å². The van der Waals surface area contributed by atoms with Gasteiger partial charge in [0.15, 0.2) is 27.5 Å². The number of aromatic nitrogens is 3. The highest BCUT2D eigenvalue weighted by atomic mass is 35.5.